The number of amides is 2. The number of aryl methyl sites for hydroxylation is 3. The Labute approximate surface area is 168 Å². The van der Waals surface area contributed by atoms with Crippen molar-refractivity contribution in [3.8, 4) is 5.69 Å². The number of carbonyl (C=O) groups is 2. The number of hydrogen-bond acceptors (Lipinski definition) is 5. The third-order valence-corrected chi connectivity index (χ3v) is 5.31. The van der Waals surface area contributed by atoms with Gasteiger partial charge in [-0.3, -0.25) is 9.59 Å². The predicted octanol–water partition coefficient (Wildman–Crippen LogP) is 2.58. The Bertz CT molecular complexity index is 1090. The van der Waals surface area contributed by atoms with Crippen molar-refractivity contribution in [3.63, 3.8) is 0 Å². The number of rotatable bonds is 4. The van der Waals surface area contributed by atoms with Crippen LogP contribution in [0.5, 0.6) is 0 Å². The fourth-order valence-electron chi connectivity index (χ4n) is 3.49. The monoisotopic (exact) mass is 390 g/mol. The molecule has 2 amide bonds. The molecule has 0 spiro atoms. The molecule has 1 fully saturated rings. The minimum absolute atomic E-state index is 0.168. The van der Waals surface area contributed by atoms with Crippen molar-refractivity contribution in [2.75, 3.05) is 16.8 Å². The zero-order chi connectivity index (χ0) is 20.5. The molecule has 0 aliphatic carbocycles. The highest BCUT2D eigenvalue weighted by Crippen LogP contribution is 2.28. The second kappa shape index (κ2) is 7.46. The van der Waals surface area contributed by atoms with E-state index < -0.39 is 5.92 Å². The first-order valence-corrected chi connectivity index (χ1v) is 9.49. The first-order valence-electron chi connectivity index (χ1n) is 9.49. The Morgan fingerprint density at radius 2 is 1.90 bits per heavy atom. The van der Waals surface area contributed by atoms with E-state index in [1.54, 1.807) is 28.6 Å². The molecule has 1 aliphatic rings. The van der Waals surface area contributed by atoms with Gasteiger partial charge in [-0.15, -0.1) is 5.10 Å². The molecule has 2 aromatic carbocycles. The van der Waals surface area contributed by atoms with Crippen molar-refractivity contribution < 1.29 is 9.59 Å². The van der Waals surface area contributed by atoms with Gasteiger partial charge in [-0.25, -0.2) is 0 Å². The average Bonchev–Trinajstić information content (AvgIpc) is 3.30. The molecule has 29 heavy (non-hydrogen) atoms. The molecule has 148 valence electrons. The summed E-state index contributed by atoms with van der Waals surface area (Å²) in [5.41, 5.74) is 4.47. The largest absolute Gasteiger partial charge is 0.325 e. The number of aromatic nitrogens is 4. The highest BCUT2D eigenvalue weighted by Gasteiger charge is 2.37. The smallest absolute Gasteiger partial charge is 0.239 e. The number of carbonyl (C=O) groups excluding carboxylic acids is 2. The van der Waals surface area contributed by atoms with Crippen molar-refractivity contribution in [2.24, 2.45) is 5.92 Å². The molecule has 0 bridgehead atoms. The molecule has 2 heterocycles. The van der Waals surface area contributed by atoms with E-state index in [1.807, 2.05) is 44.2 Å². The molecule has 3 aromatic rings. The molecule has 4 rings (SSSR count). The van der Waals surface area contributed by atoms with Gasteiger partial charge in [-0.05, 0) is 79.1 Å². The number of nitrogens with zero attached hydrogens (tertiary/aromatic N) is 5. The minimum atomic E-state index is -0.699. The summed E-state index contributed by atoms with van der Waals surface area (Å²) in [6.07, 6.45) is 0.489. The summed E-state index contributed by atoms with van der Waals surface area (Å²) < 4.78 is 1.58. The Hall–Kier alpha value is -3.55. The maximum absolute atomic E-state index is 12.9. The number of tetrazole rings is 1. The summed E-state index contributed by atoms with van der Waals surface area (Å²) in [6.45, 7) is 6.38. The van der Waals surface area contributed by atoms with Crippen LogP contribution in [0, 0.1) is 26.7 Å². The summed E-state index contributed by atoms with van der Waals surface area (Å²) in [5.74, 6) is -0.524. The lowest BCUT2D eigenvalue weighted by molar-refractivity contribution is -0.129. The molecular weight excluding hydrogens is 368 g/mol. The van der Waals surface area contributed by atoms with E-state index >= 15 is 0 Å². The number of nitrogens with one attached hydrogen (secondary N) is 1. The Morgan fingerprint density at radius 1 is 1.07 bits per heavy atom. The van der Waals surface area contributed by atoms with Gasteiger partial charge in [0.1, 0.15) is 5.92 Å². The van der Waals surface area contributed by atoms with E-state index in [0.29, 0.717) is 24.5 Å². The molecular formula is C21H22N6O2. The van der Waals surface area contributed by atoms with Gasteiger partial charge in [0.05, 0.1) is 5.69 Å². The number of anilines is 2. The van der Waals surface area contributed by atoms with Crippen LogP contribution in [0.2, 0.25) is 0 Å². The predicted molar refractivity (Wildman–Crippen MR) is 109 cm³/mol. The van der Waals surface area contributed by atoms with Gasteiger partial charge in [0.2, 0.25) is 11.8 Å². The van der Waals surface area contributed by atoms with E-state index in [9.17, 15) is 9.59 Å². The Kier molecular flexibility index (Phi) is 4.84. The second-order valence-electron chi connectivity index (χ2n) is 7.28. The van der Waals surface area contributed by atoms with E-state index in [-0.39, 0.29) is 11.8 Å². The normalized spacial score (nSPS) is 16.3. The van der Waals surface area contributed by atoms with Crippen LogP contribution in [0.4, 0.5) is 11.4 Å². The van der Waals surface area contributed by atoms with Crippen molar-refractivity contribution in [3.05, 3.63) is 59.4 Å². The van der Waals surface area contributed by atoms with E-state index in [4.69, 9.17) is 0 Å². The summed E-state index contributed by atoms with van der Waals surface area (Å²) in [4.78, 5) is 27.3. The molecule has 1 unspecified atom stereocenters. The third kappa shape index (κ3) is 3.61. The van der Waals surface area contributed by atoms with Crippen LogP contribution in [-0.2, 0) is 9.59 Å². The van der Waals surface area contributed by atoms with Crippen LogP contribution in [-0.4, -0.2) is 38.6 Å². The number of benzene rings is 2. The van der Waals surface area contributed by atoms with Gasteiger partial charge in [-0.2, -0.15) is 4.68 Å². The minimum Gasteiger partial charge on any atom is -0.325 e. The summed E-state index contributed by atoms with van der Waals surface area (Å²) in [5, 5.41) is 14.3. The average molecular weight is 390 g/mol. The van der Waals surface area contributed by atoms with E-state index in [2.05, 4.69) is 20.8 Å². The van der Waals surface area contributed by atoms with E-state index in [0.717, 1.165) is 16.9 Å². The van der Waals surface area contributed by atoms with Crippen molar-refractivity contribution in [1.82, 2.24) is 20.2 Å². The van der Waals surface area contributed by atoms with Crippen LogP contribution in [0.3, 0.4) is 0 Å². The lowest BCUT2D eigenvalue weighted by Gasteiger charge is -2.18. The van der Waals surface area contributed by atoms with Crippen LogP contribution >= 0.6 is 0 Å². The standard InChI is InChI=1S/C21H22N6O2/c1-13-7-8-17(11-14(13)2)26-10-9-19(21(26)29)20(28)22-16-5-4-6-18(12-16)27-15(3)23-24-25-27/h4-8,11-12,19H,9-10H2,1-3H3,(H,22,28). The molecule has 8 heteroatoms. The summed E-state index contributed by atoms with van der Waals surface area (Å²) in [6, 6.07) is 13.1. The summed E-state index contributed by atoms with van der Waals surface area (Å²) in [7, 11) is 0. The van der Waals surface area contributed by atoms with Gasteiger partial charge in [0.15, 0.2) is 5.82 Å². The fraction of sp³-hybridized carbons (Fsp3) is 0.286. The molecule has 0 saturated carbocycles. The molecule has 0 radical (unpaired) electrons. The van der Waals surface area contributed by atoms with Crippen molar-refractivity contribution in [2.45, 2.75) is 27.2 Å². The lowest BCUT2D eigenvalue weighted by Crippen LogP contribution is -2.33. The first-order chi connectivity index (χ1) is 13.9. The molecule has 1 aromatic heterocycles. The molecule has 1 N–H and O–H groups in total. The zero-order valence-electron chi connectivity index (χ0n) is 16.6. The molecule has 1 atom stereocenters. The van der Waals surface area contributed by atoms with Gasteiger partial charge in [-0.1, -0.05) is 12.1 Å². The van der Waals surface area contributed by atoms with Crippen LogP contribution in [0.25, 0.3) is 5.69 Å². The Morgan fingerprint density at radius 3 is 2.62 bits per heavy atom. The van der Waals surface area contributed by atoms with Gasteiger partial charge >= 0.3 is 0 Å². The van der Waals surface area contributed by atoms with Crippen LogP contribution in [0.15, 0.2) is 42.5 Å². The second-order valence-corrected chi connectivity index (χ2v) is 7.28. The molecule has 1 aliphatic heterocycles. The SMILES string of the molecule is Cc1ccc(N2CCC(C(=O)Nc3cccc(-n4nnnc4C)c3)C2=O)cc1C. The fourth-order valence-corrected chi connectivity index (χ4v) is 3.49. The first kappa shape index (κ1) is 18.8. The third-order valence-electron chi connectivity index (χ3n) is 5.31. The summed E-state index contributed by atoms with van der Waals surface area (Å²) >= 11 is 0. The van der Waals surface area contributed by atoms with Gasteiger partial charge in [0.25, 0.3) is 0 Å². The topological polar surface area (TPSA) is 93.0 Å². The highest BCUT2D eigenvalue weighted by atomic mass is 16.2. The number of hydrogen-bond donors (Lipinski definition) is 1. The van der Waals surface area contributed by atoms with Crippen LogP contribution in [0.1, 0.15) is 23.4 Å². The van der Waals surface area contributed by atoms with E-state index in [1.165, 1.54) is 5.56 Å². The van der Waals surface area contributed by atoms with Gasteiger partial charge < -0.3 is 10.2 Å². The van der Waals surface area contributed by atoms with Gasteiger partial charge in [0, 0.05) is 17.9 Å². The van der Waals surface area contributed by atoms with Crippen LogP contribution < -0.4 is 10.2 Å². The zero-order valence-corrected chi connectivity index (χ0v) is 16.6. The molecule has 1 saturated heterocycles. The quantitative estimate of drug-likeness (QED) is 0.691. The van der Waals surface area contributed by atoms with Crippen molar-refractivity contribution >= 4 is 23.2 Å². The maximum Gasteiger partial charge on any atom is 0.239 e. The molecule has 8 nitrogen and oxygen atoms in total. The Balaban J connectivity index is 1.49. The highest BCUT2D eigenvalue weighted by molar-refractivity contribution is 6.13. The maximum atomic E-state index is 12.9. The lowest BCUT2D eigenvalue weighted by atomic mass is 10.1. The van der Waals surface area contributed by atoms with Crippen molar-refractivity contribution in [1.29, 1.82) is 0 Å².